The molecule has 1 rings (SSSR count). The number of nitrogens with one attached hydrogen (secondary N) is 3. The molecule has 3 N–H and O–H groups in total. The van der Waals surface area contributed by atoms with Crippen molar-refractivity contribution in [2.75, 3.05) is 25.5 Å². The van der Waals surface area contributed by atoms with Crippen molar-refractivity contribution in [1.29, 1.82) is 0 Å². The largest absolute Gasteiger partial charge is 0.370 e. The summed E-state index contributed by atoms with van der Waals surface area (Å²) in [4.78, 5) is 8.43. The number of halogens is 1. The summed E-state index contributed by atoms with van der Waals surface area (Å²) >= 11 is 0. The number of hydrogen-bond donors (Lipinski definition) is 3. The van der Waals surface area contributed by atoms with Gasteiger partial charge in [-0.15, -0.1) is 24.0 Å². The molecule has 120 valence electrons. The van der Waals surface area contributed by atoms with Gasteiger partial charge >= 0.3 is 0 Å². The van der Waals surface area contributed by atoms with Crippen molar-refractivity contribution in [2.24, 2.45) is 4.99 Å². The predicted octanol–water partition coefficient (Wildman–Crippen LogP) is 2.86. The van der Waals surface area contributed by atoms with Crippen molar-refractivity contribution in [3.63, 3.8) is 0 Å². The number of anilines is 1. The second-order valence-corrected chi connectivity index (χ2v) is 5.72. The first-order valence-electron chi connectivity index (χ1n) is 7.15. The van der Waals surface area contributed by atoms with Crippen LogP contribution >= 0.6 is 24.0 Å². The van der Waals surface area contributed by atoms with Gasteiger partial charge in [0, 0.05) is 31.9 Å². The van der Waals surface area contributed by atoms with Crippen LogP contribution in [0.1, 0.15) is 33.6 Å². The maximum absolute atomic E-state index is 4.22. The van der Waals surface area contributed by atoms with E-state index in [1.165, 1.54) is 0 Å². The highest BCUT2D eigenvalue weighted by Gasteiger charge is 2.10. The Morgan fingerprint density at radius 3 is 2.48 bits per heavy atom. The summed E-state index contributed by atoms with van der Waals surface area (Å²) in [5, 5.41) is 9.96. The number of hydrogen-bond acceptors (Lipinski definition) is 3. The first-order chi connectivity index (χ1) is 9.51. The molecule has 0 fully saturated rings. The summed E-state index contributed by atoms with van der Waals surface area (Å²) in [6, 6.07) is 5.88. The fourth-order valence-electron chi connectivity index (χ4n) is 1.67. The van der Waals surface area contributed by atoms with E-state index in [2.05, 4.69) is 46.7 Å². The Morgan fingerprint density at radius 2 is 1.90 bits per heavy atom. The quantitative estimate of drug-likeness (QED) is 0.295. The molecule has 0 aliphatic carbocycles. The molecule has 0 aromatic carbocycles. The molecule has 0 atom stereocenters. The first kappa shape index (κ1) is 19.9. The Kier molecular flexibility index (Phi) is 10.1. The molecule has 5 nitrogen and oxygen atoms in total. The molecule has 0 aliphatic heterocycles. The van der Waals surface area contributed by atoms with Crippen LogP contribution in [-0.2, 0) is 0 Å². The van der Waals surface area contributed by atoms with Gasteiger partial charge in [-0.1, -0.05) is 6.07 Å². The number of pyridine rings is 1. The van der Waals surface area contributed by atoms with Crippen molar-refractivity contribution in [2.45, 2.75) is 39.2 Å². The molecule has 0 bridgehead atoms. The van der Waals surface area contributed by atoms with Crippen LogP contribution in [0.15, 0.2) is 29.4 Å². The van der Waals surface area contributed by atoms with Gasteiger partial charge in [-0.25, -0.2) is 4.98 Å². The number of aromatic nitrogens is 1. The van der Waals surface area contributed by atoms with Crippen molar-refractivity contribution >= 4 is 35.8 Å². The fourth-order valence-corrected chi connectivity index (χ4v) is 1.67. The zero-order valence-corrected chi connectivity index (χ0v) is 15.8. The van der Waals surface area contributed by atoms with E-state index in [9.17, 15) is 0 Å². The molecule has 0 radical (unpaired) electrons. The molecule has 1 aromatic heterocycles. The van der Waals surface area contributed by atoms with E-state index < -0.39 is 0 Å². The Hall–Kier alpha value is -1.05. The Bertz CT molecular complexity index is 400. The first-order valence-corrected chi connectivity index (χ1v) is 7.15. The Morgan fingerprint density at radius 1 is 1.19 bits per heavy atom. The van der Waals surface area contributed by atoms with E-state index in [0.717, 1.165) is 37.7 Å². The molecule has 6 heteroatoms. The van der Waals surface area contributed by atoms with E-state index in [0.29, 0.717) is 0 Å². The lowest BCUT2D eigenvalue weighted by molar-refractivity contribution is 0.500. The van der Waals surface area contributed by atoms with Gasteiger partial charge < -0.3 is 16.0 Å². The SMILES string of the molecule is CN=C(NCCCCNc1ccccn1)NC(C)(C)C.I. The maximum atomic E-state index is 4.22. The molecule has 0 unspecified atom stereocenters. The molecule has 1 aromatic rings. The van der Waals surface area contributed by atoms with Gasteiger partial charge in [0.25, 0.3) is 0 Å². The lowest BCUT2D eigenvalue weighted by Gasteiger charge is -2.23. The lowest BCUT2D eigenvalue weighted by Crippen LogP contribution is -2.47. The van der Waals surface area contributed by atoms with E-state index >= 15 is 0 Å². The van der Waals surface area contributed by atoms with Crippen LogP contribution in [0.25, 0.3) is 0 Å². The minimum Gasteiger partial charge on any atom is -0.370 e. The smallest absolute Gasteiger partial charge is 0.191 e. The topological polar surface area (TPSA) is 61.3 Å². The molecule has 0 saturated carbocycles. The van der Waals surface area contributed by atoms with Crippen molar-refractivity contribution < 1.29 is 0 Å². The zero-order valence-electron chi connectivity index (χ0n) is 13.4. The average Bonchev–Trinajstić information content (AvgIpc) is 2.41. The third-order valence-corrected chi connectivity index (χ3v) is 2.58. The molecule has 0 amide bonds. The van der Waals surface area contributed by atoms with Gasteiger partial charge in [0.2, 0.25) is 0 Å². The summed E-state index contributed by atoms with van der Waals surface area (Å²) in [6.07, 6.45) is 3.98. The van der Waals surface area contributed by atoms with Crippen molar-refractivity contribution in [3.05, 3.63) is 24.4 Å². The zero-order chi connectivity index (χ0) is 14.8. The monoisotopic (exact) mass is 405 g/mol. The van der Waals surface area contributed by atoms with E-state index in [1.807, 2.05) is 18.2 Å². The summed E-state index contributed by atoms with van der Waals surface area (Å²) < 4.78 is 0. The van der Waals surface area contributed by atoms with Crippen LogP contribution in [-0.4, -0.2) is 36.6 Å². The molecule has 0 aliphatic rings. The third-order valence-electron chi connectivity index (χ3n) is 2.58. The van der Waals surface area contributed by atoms with E-state index in [-0.39, 0.29) is 29.5 Å². The summed E-state index contributed by atoms with van der Waals surface area (Å²) in [6.45, 7) is 8.22. The van der Waals surface area contributed by atoms with Gasteiger partial charge in [-0.2, -0.15) is 0 Å². The van der Waals surface area contributed by atoms with Crippen LogP contribution < -0.4 is 16.0 Å². The Labute approximate surface area is 145 Å². The highest BCUT2D eigenvalue weighted by atomic mass is 127. The van der Waals surface area contributed by atoms with Crippen LogP contribution in [0.3, 0.4) is 0 Å². The highest BCUT2D eigenvalue weighted by Crippen LogP contribution is 2.00. The fraction of sp³-hybridized carbons (Fsp3) is 0.600. The molecular weight excluding hydrogens is 377 g/mol. The second kappa shape index (κ2) is 10.6. The number of rotatable bonds is 6. The highest BCUT2D eigenvalue weighted by molar-refractivity contribution is 14.0. The number of nitrogens with zero attached hydrogens (tertiary/aromatic N) is 2. The van der Waals surface area contributed by atoms with Crippen LogP contribution in [0.2, 0.25) is 0 Å². The number of aliphatic imine (C=N–C) groups is 1. The molecule has 0 spiro atoms. The Balaban J connectivity index is 0.00000400. The predicted molar refractivity (Wildman–Crippen MR) is 102 cm³/mol. The number of guanidine groups is 1. The van der Waals surface area contributed by atoms with Crippen LogP contribution in [0.4, 0.5) is 5.82 Å². The summed E-state index contributed by atoms with van der Waals surface area (Å²) in [5.41, 5.74) is 0.0301. The average molecular weight is 405 g/mol. The van der Waals surface area contributed by atoms with Crippen LogP contribution in [0.5, 0.6) is 0 Å². The molecule has 1 heterocycles. The minimum atomic E-state index is 0. The molecular formula is C15H28IN5. The lowest BCUT2D eigenvalue weighted by atomic mass is 10.1. The van der Waals surface area contributed by atoms with Gasteiger partial charge in [0.1, 0.15) is 5.82 Å². The molecule has 21 heavy (non-hydrogen) atoms. The second-order valence-electron chi connectivity index (χ2n) is 5.72. The summed E-state index contributed by atoms with van der Waals surface area (Å²) in [5.74, 6) is 1.79. The third kappa shape index (κ3) is 10.3. The molecule has 0 saturated heterocycles. The van der Waals surface area contributed by atoms with E-state index in [1.54, 1.807) is 13.2 Å². The standard InChI is InChI=1S/C15H27N5.HI/c1-15(2,3)20-14(16-4)19-12-8-7-11-18-13-9-5-6-10-17-13;/h5-6,9-10H,7-8,11-12H2,1-4H3,(H,17,18)(H2,16,19,20);1H. The van der Waals surface area contributed by atoms with Gasteiger partial charge in [0.05, 0.1) is 0 Å². The van der Waals surface area contributed by atoms with Crippen molar-refractivity contribution in [1.82, 2.24) is 15.6 Å². The van der Waals surface area contributed by atoms with Gasteiger partial charge in [0.15, 0.2) is 5.96 Å². The number of unbranched alkanes of at least 4 members (excludes halogenated alkanes) is 1. The maximum Gasteiger partial charge on any atom is 0.191 e. The van der Waals surface area contributed by atoms with Gasteiger partial charge in [-0.05, 0) is 45.7 Å². The van der Waals surface area contributed by atoms with E-state index in [4.69, 9.17) is 0 Å². The minimum absolute atomic E-state index is 0. The summed E-state index contributed by atoms with van der Waals surface area (Å²) in [7, 11) is 1.80. The van der Waals surface area contributed by atoms with Gasteiger partial charge in [-0.3, -0.25) is 4.99 Å². The normalized spacial score (nSPS) is 11.5. The van der Waals surface area contributed by atoms with Crippen molar-refractivity contribution in [3.8, 4) is 0 Å². The van der Waals surface area contributed by atoms with Crippen LogP contribution in [0, 0.1) is 0 Å².